The second kappa shape index (κ2) is 8.67. The number of urea groups is 1. The predicted octanol–water partition coefficient (Wildman–Crippen LogP) is 3.39. The van der Waals surface area contributed by atoms with Gasteiger partial charge in [0.1, 0.15) is 0 Å². The van der Waals surface area contributed by atoms with Crippen LogP contribution in [0.5, 0.6) is 0 Å². The van der Waals surface area contributed by atoms with E-state index in [2.05, 4.69) is 10.6 Å². The van der Waals surface area contributed by atoms with Crippen LogP contribution >= 0.6 is 11.3 Å². The van der Waals surface area contributed by atoms with Gasteiger partial charge in [-0.3, -0.25) is 4.79 Å². The molecule has 1 aromatic heterocycles. The number of carbonyl (C=O) groups is 2. The summed E-state index contributed by atoms with van der Waals surface area (Å²) >= 11 is 1.61. The highest BCUT2D eigenvalue weighted by Gasteiger charge is 2.14. The molecule has 6 heteroatoms. The Bertz CT molecular complexity index is 448. The molecule has 5 nitrogen and oxygen atoms in total. The van der Waals surface area contributed by atoms with E-state index in [1.807, 2.05) is 30.7 Å². The molecule has 118 valence electrons. The summed E-state index contributed by atoms with van der Waals surface area (Å²) in [5, 5.41) is 18.6. The fourth-order valence-electron chi connectivity index (χ4n) is 1.99. The van der Waals surface area contributed by atoms with Crippen molar-refractivity contribution in [2.75, 3.05) is 0 Å². The SMILES string of the molecule is CC(CCCC(C)C(=O)O)NC(=O)NC(C)c1ccsc1. The minimum Gasteiger partial charge on any atom is -0.481 e. The molecule has 0 aliphatic carbocycles. The zero-order chi connectivity index (χ0) is 15.8. The molecular weight excluding hydrogens is 288 g/mol. The number of carboxylic acids is 1. The lowest BCUT2D eigenvalue weighted by molar-refractivity contribution is -0.141. The number of hydrogen-bond donors (Lipinski definition) is 3. The predicted molar refractivity (Wildman–Crippen MR) is 84.5 cm³/mol. The van der Waals surface area contributed by atoms with Gasteiger partial charge in [-0.05, 0) is 49.1 Å². The molecule has 0 fully saturated rings. The van der Waals surface area contributed by atoms with E-state index < -0.39 is 5.97 Å². The standard InChI is InChI=1S/C15H24N2O3S/c1-10(14(18)19)5-4-6-11(2)16-15(20)17-12(3)13-7-8-21-9-13/h7-12H,4-6H2,1-3H3,(H,18,19)(H2,16,17,20). The second-order valence-electron chi connectivity index (χ2n) is 5.47. The van der Waals surface area contributed by atoms with Crippen LogP contribution in [0.1, 0.15) is 51.6 Å². The zero-order valence-corrected chi connectivity index (χ0v) is 13.6. The molecule has 0 spiro atoms. The van der Waals surface area contributed by atoms with Crippen molar-refractivity contribution in [3.63, 3.8) is 0 Å². The number of aliphatic carboxylic acids is 1. The van der Waals surface area contributed by atoms with Crippen LogP contribution in [0.2, 0.25) is 0 Å². The smallest absolute Gasteiger partial charge is 0.315 e. The number of carbonyl (C=O) groups excluding carboxylic acids is 1. The van der Waals surface area contributed by atoms with E-state index >= 15 is 0 Å². The largest absolute Gasteiger partial charge is 0.481 e. The highest BCUT2D eigenvalue weighted by molar-refractivity contribution is 7.07. The van der Waals surface area contributed by atoms with Crippen LogP contribution < -0.4 is 10.6 Å². The van der Waals surface area contributed by atoms with Gasteiger partial charge in [0.25, 0.3) is 0 Å². The third-order valence-corrected chi connectivity index (χ3v) is 4.17. The molecule has 1 aromatic rings. The van der Waals surface area contributed by atoms with Crippen LogP contribution in [0.25, 0.3) is 0 Å². The summed E-state index contributed by atoms with van der Waals surface area (Å²) < 4.78 is 0. The van der Waals surface area contributed by atoms with Gasteiger partial charge in [-0.15, -0.1) is 0 Å². The van der Waals surface area contributed by atoms with Crippen LogP contribution in [0.3, 0.4) is 0 Å². The summed E-state index contributed by atoms with van der Waals surface area (Å²) in [6, 6.07) is 1.82. The van der Waals surface area contributed by atoms with E-state index in [-0.39, 0.29) is 24.0 Å². The number of carboxylic acid groups (broad SMARTS) is 1. The quantitative estimate of drug-likeness (QED) is 0.688. The van der Waals surface area contributed by atoms with E-state index in [4.69, 9.17) is 5.11 Å². The van der Waals surface area contributed by atoms with Gasteiger partial charge in [0.15, 0.2) is 0 Å². The van der Waals surface area contributed by atoms with E-state index in [1.54, 1.807) is 18.3 Å². The summed E-state index contributed by atoms with van der Waals surface area (Å²) in [5.74, 6) is -1.09. The molecule has 0 saturated carbocycles. The lowest BCUT2D eigenvalue weighted by Gasteiger charge is -2.18. The molecule has 3 N–H and O–H groups in total. The van der Waals surface area contributed by atoms with Gasteiger partial charge in [0, 0.05) is 6.04 Å². The third kappa shape index (κ3) is 6.62. The first-order valence-corrected chi connectivity index (χ1v) is 8.16. The minimum atomic E-state index is -0.766. The molecule has 1 rings (SSSR count). The molecule has 0 radical (unpaired) electrons. The molecule has 0 aliphatic rings. The van der Waals surface area contributed by atoms with Gasteiger partial charge in [-0.25, -0.2) is 4.79 Å². The maximum Gasteiger partial charge on any atom is 0.315 e. The summed E-state index contributed by atoms with van der Waals surface area (Å²) in [6.45, 7) is 5.58. The average molecular weight is 312 g/mol. The van der Waals surface area contributed by atoms with E-state index in [0.29, 0.717) is 6.42 Å². The van der Waals surface area contributed by atoms with Gasteiger partial charge in [0.05, 0.1) is 12.0 Å². The molecule has 0 saturated heterocycles. The number of rotatable bonds is 8. The molecule has 3 unspecified atom stereocenters. The van der Waals surface area contributed by atoms with Gasteiger partial charge < -0.3 is 15.7 Å². The Hall–Kier alpha value is -1.56. The average Bonchev–Trinajstić information content (AvgIpc) is 2.91. The highest BCUT2D eigenvalue weighted by atomic mass is 32.1. The monoisotopic (exact) mass is 312 g/mol. The molecule has 1 heterocycles. The van der Waals surface area contributed by atoms with Crippen molar-refractivity contribution in [1.82, 2.24) is 10.6 Å². The van der Waals surface area contributed by atoms with Gasteiger partial charge in [-0.2, -0.15) is 11.3 Å². The minimum absolute atomic E-state index is 0.0181. The number of amides is 2. The molecule has 21 heavy (non-hydrogen) atoms. The first-order chi connectivity index (χ1) is 9.90. The Labute approximate surface area is 129 Å². The van der Waals surface area contributed by atoms with Crippen LogP contribution in [-0.4, -0.2) is 23.1 Å². The Morgan fingerprint density at radius 1 is 1.24 bits per heavy atom. The molecule has 3 atom stereocenters. The van der Waals surface area contributed by atoms with Crippen LogP contribution in [0.15, 0.2) is 16.8 Å². The molecule has 0 aliphatic heterocycles. The van der Waals surface area contributed by atoms with E-state index in [9.17, 15) is 9.59 Å². The molecule has 0 bridgehead atoms. The maximum atomic E-state index is 11.9. The van der Waals surface area contributed by atoms with Crippen molar-refractivity contribution in [3.05, 3.63) is 22.4 Å². The Morgan fingerprint density at radius 3 is 2.52 bits per heavy atom. The van der Waals surface area contributed by atoms with Crippen molar-refractivity contribution in [1.29, 1.82) is 0 Å². The molecule has 0 aromatic carbocycles. The third-order valence-electron chi connectivity index (χ3n) is 3.46. The first kappa shape index (κ1) is 17.5. The Kier molecular flexibility index (Phi) is 7.22. The first-order valence-electron chi connectivity index (χ1n) is 7.22. The topological polar surface area (TPSA) is 78.4 Å². The lowest BCUT2D eigenvalue weighted by atomic mass is 10.0. The summed E-state index contributed by atoms with van der Waals surface area (Å²) in [7, 11) is 0. The Morgan fingerprint density at radius 2 is 1.95 bits per heavy atom. The van der Waals surface area contributed by atoms with Crippen molar-refractivity contribution in [2.24, 2.45) is 5.92 Å². The van der Waals surface area contributed by atoms with Crippen molar-refractivity contribution in [3.8, 4) is 0 Å². The van der Waals surface area contributed by atoms with Crippen molar-refractivity contribution >= 4 is 23.3 Å². The normalized spacial score (nSPS) is 15.0. The van der Waals surface area contributed by atoms with Crippen molar-refractivity contribution < 1.29 is 14.7 Å². The van der Waals surface area contributed by atoms with Crippen LogP contribution in [0, 0.1) is 5.92 Å². The molecule has 2 amide bonds. The lowest BCUT2D eigenvalue weighted by Crippen LogP contribution is -2.41. The van der Waals surface area contributed by atoms with Gasteiger partial charge >= 0.3 is 12.0 Å². The van der Waals surface area contributed by atoms with Crippen LogP contribution in [-0.2, 0) is 4.79 Å². The fourth-order valence-corrected chi connectivity index (χ4v) is 2.75. The van der Waals surface area contributed by atoms with Crippen molar-refractivity contribution in [2.45, 2.75) is 52.1 Å². The number of hydrogen-bond acceptors (Lipinski definition) is 3. The van der Waals surface area contributed by atoms with Gasteiger partial charge in [0.2, 0.25) is 0 Å². The summed E-state index contributed by atoms with van der Waals surface area (Å²) in [5.41, 5.74) is 1.10. The zero-order valence-electron chi connectivity index (χ0n) is 12.8. The number of nitrogens with one attached hydrogen (secondary N) is 2. The highest BCUT2D eigenvalue weighted by Crippen LogP contribution is 2.15. The summed E-state index contributed by atoms with van der Waals surface area (Å²) in [6.07, 6.45) is 2.20. The number of thiophene rings is 1. The fraction of sp³-hybridized carbons (Fsp3) is 0.600. The molecular formula is C15H24N2O3S. The van der Waals surface area contributed by atoms with E-state index in [0.717, 1.165) is 18.4 Å². The maximum absolute atomic E-state index is 11.9. The Balaban J connectivity index is 2.23. The van der Waals surface area contributed by atoms with E-state index in [1.165, 1.54) is 0 Å². The van der Waals surface area contributed by atoms with Crippen LogP contribution in [0.4, 0.5) is 4.79 Å². The second-order valence-corrected chi connectivity index (χ2v) is 6.25. The summed E-state index contributed by atoms with van der Waals surface area (Å²) in [4.78, 5) is 22.6. The van der Waals surface area contributed by atoms with Gasteiger partial charge in [-0.1, -0.05) is 13.3 Å².